The van der Waals surface area contributed by atoms with Crippen LogP contribution in [-0.4, -0.2) is 35.1 Å². The topological polar surface area (TPSA) is 119 Å². The molecule has 1 unspecified atom stereocenters. The first-order valence-electron chi connectivity index (χ1n) is 5.23. The fourth-order valence-corrected chi connectivity index (χ4v) is 1.31. The largest absolute Gasteiger partial charge is 0.490 e. The Morgan fingerprint density at radius 3 is 2.58 bits per heavy atom. The second-order valence-corrected chi connectivity index (χ2v) is 3.68. The van der Waals surface area contributed by atoms with Crippen LogP contribution >= 0.6 is 0 Å². The molecule has 0 heterocycles. The second kappa shape index (κ2) is 5.80. The van der Waals surface area contributed by atoms with E-state index >= 15 is 0 Å². The van der Waals surface area contributed by atoms with Gasteiger partial charge >= 0.3 is 11.7 Å². The third-order valence-electron chi connectivity index (χ3n) is 2.36. The van der Waals surface area contributed by atoms with Crippen molar-refractivity contribution in [1.82, 2.24) is 5.32 Å². The van der Waals surface area contributed by atoms with E-state index in [4.69, 9.17) is 9.84 Å². The molecular weight excluding hydrogens is 256 g/mol. The lowest BCUT2D eigenvalue weighted by molar-refractivity contribution is -0.385. The highest BCUT2D eigenvalue weighted by atomic mass is 16.6. The number of rotatable bonds is 5. The van der Waals surface area contributed by atoms with Gasteiger partial charge in [-0.15, -0.1) is 0 Å². The van der Waals surface area contributed by atoms with Crippen molar-refractivity contribution >= 4 is 17.6 Å². The number of aliphatic carboxylic acids is 1. The van der Waals surface area contributed by atoms with Crippen LogP contribution < -0.4 is 10.1 Å². The summed E-state index contributed by atoms with van der Waals surface area (Å²) in [5.41, 5.74) is -0.194. The standard InChI is InChI=1S/C11H12N2O6/c1-6(11(15)16)12-10(14)7-3-4-8(13(17)18)9(5-7)19-2/h3-6H,1-2H3,(H,12,14)(H,15,16). The molecule has 8 heteroatoms. The Morgan fingerprint density at radius 2 is 2.11 bits per heavy atom. The third kappa shape index (κ3) is 3.41. The van der Waals surface area contributed by atoms with Crippen molar-refractivity contribution < 1.29 is 24.4 Å². The normalized spacial score (nSPS) is 11.5. The number of hydrogen-bond acceptors (Lipinski definition) is 5. The maximum Gasteiger partial charge on any atom is 0.325 e. The van der Waals surface area contributed by atoms with Crippen molar-refractivity contribution in [1.29, 1.82) is 0 Å². The van der Waals surface area contributed by atoms with E-state index in [-0.39, 0.29) is 17.0 Å². The van der Waals surface area contributed by atoms with Crippen LogP contribution in [0.3, 0.4) is 0 Å². The van der Waals surface area contributed by atoms with Crippen LogP contribution in [0, 0.1) is 10.1 Å². The molecule has 1 aromatic rings. The minimum atomic E-state index is -1.18. The average Bonchev–Trinajstić information content (AvgIpc) is 2.37. The smallest absolute Gasteiger partial charge is 0.325 e. The van der Waals surface area contributed by atoms with Gasteiger partial charge in [-0.2, -0.15) is 0 Å². The Bertz CT molecular complexity index is 528. The van der Waals surface area contributed by atoms with Gasteiger partial charge in [-0.1, -0.05) is 0 Å². The van der Waals surface area contributed by atoms with E-state index < -0.39 is 22.8 Å². The minimum absolute atomic E-state index is 0.0689. The Kier molecular flexibility index (Phi) is 4.41. The number of carboxylic acid groups (broad SMARTS) is 1. The van der Waals surface area contributed by atoms with Crippen molar-refractivity contribution in [2.24, 2.45) is 0 Å². The van der Waals surface area contributed by atoms with Crippen LogP contribution in [0.4, 0.5) is 5.69 Å². The first-order valence-corrected chi connectivity index (χ1v) is 5.23. The maximum absolute atomic E-state index is 11.7. The van der Waals surface area contributed by atoms with Gasteiger partial charge in [-0.25, -0.2) is 0 Å². The van der Waals surface area contributed by atoms with Gasteiger partial charge < -0.3 is 15.2 Å². The Hall–Kier alpha value is -2.64. The summed E-state index contributed by atoms with van der Waals surface area (Å²) in [7, 11) is 1.24. The summed E-state index contributed by atoms with van der Waals surface area (Å²) in [4.78, 5) is 32.4. The van der Waals surface area contributed by atoms with Gasteiger partial charge in [-0.3, -0.25) is 19.7 Å². The number of nitro benzene ring substituents is 1. The molecule has 0 aliphatic rings. The van der Waals surface area contributed by atoms with Crippen LogP contribution in [0.25, 0.3) is 0 Å². The highest BCUT2D eigenvalue weighted by molar-refractivity contribution is 5.97. The monoisotopic (exact) mass is 268 g/mol. The van der Waals surface area contributed by atoms with Crippen molar-refractivity contribution in [2.75, 3.05) is 7.11 Å². The predicted molar refractivity (Wildman–Crippen MR) is 64.2 cm³/mol. The molecule has 0 aliphatic heterocycles. The molecule has 1 aromatic carbocycles. The van der Waals surface area contributed by atoms with Gasteiger partial charge in [-0.05, 0) is 13.0 Å². The van der Waals surface area contributed by atoms with E-state index in [2.05, 4.69) is 5.32 Å². The lowest BCUT2D eigenvalue weighted by Crippen LogP contribution is -2.38. The lowest BCUT2D eigenvalue weighted by Gasteiger charge is -2.10. The van der Waals surface area contributed by atoms with E-state index in [1.54, 1.807) is 0 Å². The number of methoxy groups -OCH3 is 1. The number of amides is 1. The Morgan fingerprint density at radius 1 is 1.47 bits per heavy atom. The van der Waals surface area contributed by atoms with Crippen LogP contribution in [0.15, 0.2) is 18.2 Å². The van der Waals surface area contributed by atoms with E-state index in [0.29, 0.717) is 0 Å². The van der Waals surface area contributed by atoms with Gasteiger partial charge in [0.1, 0.15) is 6.04 Å². The minimum Gasteiger partial charge on any atom is -0.490 e. The van der Waals surface area contributed by atoms with Crippen molar-refractivity contribution in [2.45, 2.75) is 13.0 Å². The van der Waals surface area contributed by atoms with Gasteiger partial charge in [0.25, 0.3) is 5.91 Å². The van der Waals surface area contributed by atoms with E-state index in [1.807, 2.05) is 0 Å². The number of carbonyl (C=O) groups excluding carboxylic acids is 1. The number of ether oxygens (including phenoxy) is 1. The number of carbonyl (C=O) groups is 2. The number of carboxylic acids is 1. The molecule has 1 rings (SSSR count). The number of nitrogens with zero attached hydrogens (tertiary/aromatic N) is 1. The van der Waals surface area contributed by atoms with Crippen molar-refractivity contribution in [3.8, 4) is 5.75 Å². The number of benzene rings is 1. The van der Waals surface area contributed by atoms with Gasteiger partial charge in [0.05, 0.1) is 12.0 Å². The molecule has 0 saturated heterocycles. The zero-order valence-corrected chi connectivity index (χ0v) is 10.2. The fourth-order valence-electron chi connectivity index (χ4n) is 1.31. The molecule has 19 heavy (non-hydrogen) atoms. The number of hydrogen-bond donors (Lipinski definition) is 2. The van der Waals surface area contributed by atoms with E-state index in [9.17, 15) is 19.7 Å². The fraction of sp³-hybridized carbons (Fsp3) is 0.273. The molecule has 0 spiro atoms. The molecular formula is C11H12N2O6. The first kappa shape index (κ1) is 14.4. The maximum atomic E-state index is 11.7. The summed E-state index contributed by atoms with van der Waals surface area (Å²) in [6.45, 7) is 1.31. The Labute approximate surface area is 108 Å². The van der Waals surface area contributed by atoms with Crippen LogP contribution in [0.2, 0.25) is 0 Å². The summed E-state index contributed by atoms with van der Waals surface area (Å²) in [6, 6.07) is 2.47. The van der Waals surface area contributed by atoms with Gasteiger partial charge in [0.2, 0.25) is 0 Å². The Balaban J connectivity index is 2.99. The third-order valence-corrected chi connectivity index (χ3v) is 2.36. The van der Waals surface area contributed by atoms with E-state index in [1.165, 1.54) is 26.2 Å². The molecule has 0 bridgehead atoms. The number of nitrogens with one attached hydrogen (secondary N) is 1. The molecule has 0 radical (unpaired) electrons. The summed E-state index contributed by atoms with van der Waals surface area (Å²) >= 11 is 0. The van der Waals surface area contributed by atoms with Crippen LogP contribution in [0.5, 0.6) is 5.75 Å². The molecule has 1 atom stereocenters. The molecule has 102 valence electrons. The summed E-state index contributed by atoms with van der Waals surface area (Å²) in [5.74, 6) is -1.90. The molecule has 0 aliphatic carbocycles. The predicted octanol–water partition coefficient (Wildman–Crippen LogP) is 0.806. The molecule has 1 amide bonds. The van der Waals surface area contributed by atoms with Crippen molar-refractivity contribution in [3.63, 3.8) is 0 Å². The first-order chi connectivity index (χ1) is 8.86. The summed E-state index contributed by atoms with van der Waals surface area (Å²) in [6.07, 6.45) is 0. The van der Waals surface area contributed by atoms with Crippen LogP contribution in [0.1, 0.15) is 17.3 Å². The zero-order valence-electron chi connectivity index (χ0n) is 10.2. The highest BCUT2D eigenvalue weighted by Crippen LogP contribution is 2.27. The summed E-state index contributed by atoms with van der Waals surface area (Å²) < 4.78 is 4.81. The molecule has 2 N–H and O–H groups in total. The average molecular weight is 268 g/mol. The molecule has 0 aromatic heterocycles. The quantitative estimate of drug-likeness (QED) is 0.602. The van der Waals surface area contributed by atoms with Crippen LogP contribution in [-0.2, 0) is 4.79 Å². The molecule has 0 fully saturated rings. The van der Waals surface area contributed by atoms with Crippen molar-refractivity contribution in [3.05, 3.63) is 33.9 Å². The van der Waals surface area contributed by atoms with Gasteiger partial charge in [0, 0.05) is 17.7 Å². The zero-order chi connectivity index (χ0) is 14.6. The SMILES string of the molecule is COc1cc(C(=O)NC(C)C(=O)O)ccc1[N+](=O)[O-]. The summed E-state index contributed by atoms with van der Waals surface area (Å²) in [5, 5.41) is 21.6. The molecule has 0 saturated carbocycles. The lowest BCUT2D eigenvalue weighted by atomic mass is 10.1. The second-order valence-electron chi connectivity index (χ2n) is 3.68. The number of nitro groups is 1. The highest BCUT2D eigenvalue weighted by Gasteiger charge is 2.19. The van der Waals surface area contributed by atoms with Gasteiger partial charge in [0.15, 0.2) is 5.75 Å². The van der Waals surface area contributed by atoms with E-state index in [0.717, 1.165) is 6.07 Å². The molecule has 8 nitrogen and oxygen atoms in total.